The fraction of sp³-hybridized carbons (Fsp3) is 0.429. The Balaban J connectivity index is 1.24. The van der Waals surface area contributed by atoms with Gasteiger partial charge in [0.2, 0.25) is 15.9 Å². The first-order valence-corrected chi connectivity index (χ1v) is 20.7. The number of pyridine rings is 1. The van der Waals surface area contributed by atoms with Gasteiger partial charge in [-0.3, -0.25) is 9.78 Å². The Labute approximate surface area is 323 Å². The van der Waals surface area contributed by atoms with E-state index in [9.17, 15) is 23.1 Å². The highest BCUT2D eigenvalue weighted by atomic mass is 32.2. The quantitative estimate of drug-likeness (QED) is 0.0711. The minimum Gasteiger partial charge on any atom is -0.411 e. The number of para-hydroxylation sites is 1. The van der Waals surface area contributed by atoms with Gasteiger partial charge in [-0.05, 0) is 72.1 Å². The molecule has 4 atom stereocenters. The maximum atomic E-state index is 14.5. The molecule has 55 heavy (non-hydrogen) atoms. The summed E-state index contributed by atoms with van der Waals surface area (Å²) in [5.74, 6) is -0.433. The number of aliphatic hydroxyl groups excluding tert-OH is 1. The van der Waals surface area contributed by atoms with Gasteiger partial charge in [0.25, 0.3) is 0 Å². The van der Waals surface area contributed by atoms with Crippen LogP contribution in [-0.2, 0) is 27.8 Å². The second-order valence-electron chi connectivity index (χ2n) is 14.9. The summed E-state index contributed by atoms with van der Waals surface area (Å²) >= 11 is 0. The molecule has 1 aliphatic heterocycles. The molecule has 12 nitrogen and oxygen atoms in total. The van der Waals surface area contributed by atoms with Crippen LogP contribution in [0.3, 0.4) is 0 Å². The number of amides is 3. The largest absolute Gasteiger partial charge is 0.411 e. The molecule has 2 unspecified atom stereocenters. The number of fused-ring (bicyclic) bond motifs is 1. The van der Waals surface area contributed by atoms with E-state index in [4.69, 9.17) is 5.21 Å². The van der Waals surface area contributed by atoms with Crippen molar-refractivity contribution in [2.24, 2.45) is 17.0 Å². The fourth-order valence-corrected chi connectivity index (χ4v) is 9.42. The standard InChI is InChI=1S/C42H52N6O6S/c1-3-30(2)40(48-24-23-46(42(48)51)28-34-21-22-43-37-16-10-9-15-36(34)37)41(50)45-38(25-31-11-5-4-6-12-31)39(49)29-47(27-33-13-7-8-14-33)55(53,54)35-19-17-32(18-20-35)26-44-52/h4-6,9-12,15-22,26,30,33,38-40,49,52H,3,7-8,13-14,23-25,27-29H2,1-2H3,(H,45,50)/b44-26+/t30?,38-,39+,40?/m0/s1. The van der Waals surface area contributed by atoms with E-state index in [0.29, 0.717) is 31.6 Å². The van der Waals surface area contributed by atoms with E-state index in [-0.39, 0.29) is 48.2 Å². The molecule has 6 rings (SSSR count). The Hall–Kier alpha value is -4.85. The highest BCUT2D eigenvalue weighted by molar-refractivity contribution is 7.89. The van der Waals surface area contributed by atoms with Crippen molar-refractivity contribution >= 4 is 39.1 Å². The number of aliphatic hydroxyl groups is 1. The van der Waals surface area contributed by atoms with Crippen LogP contribution in [0.4, 0.5) is 4.79 Å². The number of sulfonamides is 1. The van der Waals surface area contributed by atoms with Crippen molar-refractivity contribution in [2.45, 2.75) is 82.0 Å². The average molecular weight is 769 g/mol. The molecule has 13 heteroatoms. The zero-order valence-corrected chi connectivity index (χ0v) is 32.4. The molecule has 1 saturated carbocycles. The lowest BCUT2D eigenvalue weighted by Crippen LogP contribution is -2.57. The number of aromatic nitrogens is 1. The minimum absolute atomic E-state index is 0.0603. The third-order valence-electron chi connectivity index (χ3n) is 11.2. The lowest BCUT2D eigenvalue weighted by molar-refractivity contribution is -0.128. The van der Waals surface area contributed by atoms with Crippen LogP contribution in [0.2, 0.25) is 0 Å². The first-order chi connectivity index (χ1) is 26.6. The third kappa shape index (κ3) is 9.52. The van der Waals surface area contributed by atoms with E-state index >= 15 is 0 Å². The van der Waals surface area contributed by atoms with Crippen molar-refractivity contribution in [3.05, 3.63) is 108 Å². The van der Waals surface area contributed by atoms with Crippen LogP contribution in [0.1, 0.15) is 62.6 Å². The summed E-state index contributed by atoms with van der Waals surface area (Å²) in [6.07, 6.45) is 6.41. The van der Waals surface area contributed by atoms with Crippen LogP contribution < -0.4 is 5.32 Å². The number of hydrogen-bond acceptors (Lipinski definition) is 8. The number of rotatable bonds is 17. The third-order valence-corrected chi connectivity index (χ3v) is 13.0. The van der Waals surface area contributed by atoms with Gasteiger partial charge in [0.15, 0.2) is 0 Å². The summed E-state index contributed by atoms with van der Waals surface area (Å²) in [6.45, 7) is 5.14. The van der Waals surface area contributed by atoms with Gasteiger partial charge in [0.1, 0.15) is 6.04 Å². The predicted octanol–water partition coefficient (Wildman–Crippen LogP) is 5.66. The average Bonchev–Trinajstić information content (AvgIpc) is 3.84. The lowest BCUT2D eigenvalue weighted by atomic mass is 9.95. The van der Waals surface area contributed by atoms with Gasteiger partial charge in [-0.2, -0.15) is 4.31 Å². The van der Waals surface area contributed by atoms with E-state index in [2.05, 4.69) is 15.5 Å². The molecule has 3 N–H and O–H groups in total. The molecule has 2 aliphatic rings. The molecule has 1 aromatic heterocycles. The molecule has 0 spiro atoms. The van der Waals surface area contributed by atoms with E-state index in [1.165, 1.54) is 22.7 Å². The van der Waals surface area contributed by atoms with Crippen molar-refractivity contribution in [2.75, 3.05) is 26.2 Å². The van der Waals surface area contributed by atoms with Crippen LogP contribution in [0.25, 0.3) is 10.9 Å². The molecule has 2 heterocycles. The summed E-state index contributed by atoms with van der Waals surface area (Å²) in [5, 5.41) is 28.1. The molecule has 2 fully saturated rings. The van der Waals surface area contributed by atoms with E-state index in [1.54, 1.807) is 28.1 Å². The number of carbonyl (C=O) groups excluding carboxylic acids is 2. The van der Waals surface area contributed by atoms with Gasteiger partial charge in [-0.1, -0.05) is 98.9 Å². The maximum Gasteiger partial charge on any atom is 0.321 e. The van der Waals surface area contributed by atoms with Crippen molar-refractivity contribution in [1.82, 2.24) is 24.4 Å². The molecule has 0 bridgehead atoms. The van der Waals surface area contributed by atoms with Crippen LogP contribution in [0.15, 0.2) is 101 Å². The smallest absolute Gasteiger partial charge is 0.321 e. The van der Waals surface area contributed by atoms with Crippen LogP contribution in [-0.4, -0.2) is 100 Å². The SMILES string of the molecule is CCC(C)C(C(=O)N[C@@H](Cc1ccccc1)[C@H](O)CN(CC1CCCC1)S(=O)(=O)c1ccc(/C=N/O)cc1)N1CCN(Cc2ccnc3ccccc23)C1=O. The van der Waals surface area contributed by atoms with Gasteiger partial charge in [0.05, 0.1) is 28.8 Å². The van der Waals surface area contributed by atoms with Gasteiger partial charge in [0, 0.05) is 44.3 Å². The molecular weight excluding hydrogens is 717 g/mol. The van der Waals surface area contributed by atoms with Gasteiger partial charge in [-0.25, -0.2) is 13.2 Å². The summed E-state index contributed by atoms with van der Waals surface area (Å²) in [4.78, 5) is 36.4. The number of carbonyl (C=O) groups is 2. The Kier molecular flexibility index (Phi) is 13.2. The summed E-state index contributed by atoms with van der Waals surface area (Å²) in [5.41, 5.74) is 3.23. The fourth-order valence-electron chi connectivity index (χ4n) is 7.88. The summed E-state index contributed by atoms with van der Waals surface area (Å²) < 4.78 is 29.8. The summed E-state index contributed by atoms with van der Waals surface area (Å²) in [6, 6.07) is 23.4. The minimum atomic E-state index is -4.06. The normalized spacial score (nSPS) is 17.6. The highest BCUT2D eigenvalue weighted by Gasteiger charge is 2.41. The number of nitrogens with one attached hydrogen (secondary N) is 1. The Bertz CT molecular complexity index is 2040. The zero-order chi connectivity index (χ0) is 39.0. The Morgan fingerprint density at radius 3 is 2.44 bits per heavy atom. The second kappa shape index (κ2) is 18.2. The van der Waals surface area contributed by atoms with Crippen molar-refractivity contribution in [3.63, 3.8) is 0 Å². The zero-order valence-electron chi connectivity index (χ0n) is 31.6. The maximum absolute atomic E-state index is 14.5. The van der Waals surface area contributed by atoms with E-state index in [0.717, 1.165) is 47.7 Å². The van der Waals surface area contributed by atoms with Crippen molar-refractivity contribution in [1.29, 1.82) is 0 Å². The van der Waals surface area contributed by atoms with Crippen molar-refractivity contribution < 1.29 is 28.3 Å². The first-order valence-electron chi connectivity index (χ1n) is 19.3. The lowest BCUT2D eigenvalue weighted by Gasteiger charge is -2.35. The number of urea groups is 1. The van der Waals surface area contributed by atoms with E-state index < -0.39 is 28.2 Å². The second-order valence-corrected chi connectivity index (χ2v) is 16.8. The first kappa shape index (κ1) is 39.8. The van der Waals surface area contributed by atoms with E-state index in [1.807, 2.05) is 74.5 Å². The molecule has 0 radical (unpaired) electrons. The number of benzene rings is 3. The Morgan fingerprint density at radius 2 is 1.73 bits per heavy atom. The highest BCUT2D eigenvalue weighted by Crippen LogP contribution is 2.29. The monoisotopic (exact) mass is 768 g/mol. The number of hydrogen-bond donors (Lipinski definition) is 3. The van der Waals surface area contributed by atoms with Crippen LogP contribution >= 0.6 is 0 Å². The molecular formula is C42H52N6O6S. The molecule has 3 amide bonds. The Morgan fingerprint density at radius 1 is 1.02 bits per heavy atom. The topological polar surface area (TPSA) is 156 Å². The van der Waals surface area contributed by atoms with Crippen LogP contribution in [0.5, 0.6) is 0 Å². The molecule has 3 aromatic carbocycles. The predicted molar refractivity (Wildman–Crippen MR) is 212 cm³/mol. The molecule has 292 valence electrons. The molecule has 4 aromatic rings. The van der Waals surface area contributed by atoms with Crippen LogP contribution in [0, 0.1) is 11.8 Å². The number of nitrogens with zero attached hydrogens (tertiary/aromatic N) is 5. The number of oxime groups is 1. The van der Waals surface area contributed by atoms with Gasteiger partial charge < -0.3 is 25.4 Å². The van der Waals surface area contributed by atoms with Gasteiger partial charge >= 0.3 is 6.03 Å². The summed E-state index contributed by atoms with van der Waals surface area (Å²) in [7, 11) is -4.06. The van der Waals surface area contributed by atoms with Crippen molar-refractivity contribution in [3.8, 4) is 0 Å². The van der Waals surface area contributed by atoms with Gasteiger partial charge in [-0.15, -0.1) is 0 Å². The molecule has 1 saturated heterocycles. The molecule has 1 aliphatic carbocycles.